The summed E-state index contributed by atoms with van der Waals surface area (Å²) in [5, 5.41) is 3.08. The van der Waals surface area contributed by atoms with Crippen molar-refractivity contribution in [1.29, 1.82) is 0 Å². The van der Waals surface area contributed by atoms with E-state index in [4.69, 9.17) is 9.47 Å². The Morgan fingerprint density at radius 2 is 1.86 bits per heavy atom. The number of hydrogen-bond donors (Lipinski definition) is 1. The highest BCUT2D eigenvalue weighted by atomic mass is 16.5. The Morgan fingerprint density at radius 3 is 2.45 bits per heavy atom. The van der Waals surface area contributed by atoms with E-state index in [0.29, 0.717) is 37.7 Å². The summed E-state index contributed by atoms with van der Waals surface area (Å²) >= 11 is 0. The van der Waals surface area contributed by atoms with Crippen LogP contribution in [0.3, 0.4) is 0 Å². The van der Waals surface area contributed by atoms with Crippen molar-refractivity contribution >= 4 is 18.0 Å². The normalized spacial score (nSPS) is 14.5. The molecule has 1 aliphatic heterocycles. The van der Waals surface area contributed by atoms with Crippen LogP contribution in [0.25, 0.3) is 0 Å². The van der Waals surface area contributed by atoms with Gasteiger partial charge < -0.3 is 24.6 Å². The summed E-state index contributed by atoms with van der Waals surface area (Å²) < 4.78 is 10.4. The van der Waals surface area contributed by atoms with Crippen molar-refractivity contribution in [2.24, 2.45) is 0 Å². The van der Waals surface area contributed by atoms with E-state index in [0.717, 1.165) is 12.1 Å². The standard InChI is InChI=1S/C15H21N3O4/c1-21-13-4-3-12(9-14(13)22-2)16-10-15(20)18-7-5-17(11-19)6-8-18/h3-4,9,11,16H,5-8,10H2,1-2H3. The van der Waals surface area contributed by atoms with Gasteiger partial charge in [-0.2, -0.15) is 0 Å². The second kappa shape index (κ2) is 7.53. The molecule has 7 heteroatoms. The van der Waals surface area contributed by atoms with Crippen molar-refractivity contribution < 1.29 is 19.1 Å². The molecule has 0 aliphatic carbocycles. The molecule has 0 unspecified atom stereocenters. The van der Waals surface area contributed by atoms with Crippen molar-refractivity contribution in [2.45, 2.75) is 0 Å². The molecule has 1 aliphatic rings. The number of hydrogen-bond acceptors (Lipinski definition) is 5. The summed E-state index contributed by atoms with van der Waals surface area (Å²) in [6.45, 7) is 2.53. The van der Waals surface area contributed by atoms with E-state index in [-0.39, 0.29) is 12.5 Å². The lowest BCUT2D eigenvalue weighted by Gasteiger charge is -2.32. The first-order valence-corrected chi connectivity index (χ1v) is 7.11. The Balaban J connectivity index is 1.87. The largest absolute Gasteiger partial charge is 0.493 e. The molecule has 1 fully saturated rings. The van der Waals surface area contributed by atoms with Crippen LogP contribution in [-0.2, 0) is 9.59 Å². The molecule has 120 valence electrons. The number of ether oxygens (including phenoxy) is 2. The zero-order chi connectivity index (χ0) is 15.9. The lowest BCUT2D eigenvalue weighted by molar-refractivity contribution is -0.133. The number of carbonyl (C=O) groups excluding carboxylic acids is 2. The van der Waals surface area contributed by atoms with E-state index in [1.807, 2.05) is 6.07 Å². The quantitative estimate of drug-likeness (QED) is 0.771. The summed E-state index contributed by atoms with van der Waals surface area (Å²) in [5.74, 6) is 1.27. The smallest absolute Gasteiger partial charge is 0.241 e. The maximum Gasteiger partial charge on any atom is 0.241 e. The summed E-state index contributed by atoms with van der Waals surface area (Å²) in [4.78, 5) is 26.2. The third-order valence-electron chi connectivity index (χ3n) is 3.64. The minimum absolute atomic E-state index is 0.0142. The number of rotatable bonds is 6. The first-order valence-electron chi connectivity index (χ1n) is 7.11. The average Bonchev–Trinajstić information content (AvgIpc) is 2.59. The van der Waals surface area contributed by atoms with Crippen molar-refractivity contribution in [3.05, 3.63) is 18.2 Å². The van der Waals surface area contributed by atoms with Crippen molar-refractivity contribution in [3.8, 4) is 11.5 Å². The summed E-state index contributed by atoms with van der Waals surface area (Å²) in [7, 11) is 3.15. The van der Waals surface area contributed by atoms with Gasteiger partial charge in [0.15, 0.2) is 11.5 Å². The van der Waals surface area contributed by atoms with Crippen LogP contribution in [-0.4, -0.2) is 69.1 Å². The number of anilines is 1. The molecule has 0 saturated carbocycles. The number of amides is 2. The Labute approximate surface area is 129 Å². The van der Waals surface area contributed by atoms with Gasteiger partial charge in [0.05, 0.1) is 20.8 Å². The number of nitrogens with zero attached hydrogens (tertiary/aromatic N) is 2. The lowest BCUT2D eigenvalue weighted by atomic mass is 10.2. The van der Waals surface area contributed by atoms with E-state index in [2.05, 4.69) is 5.32 Å². The molecule has 0 bridgehead atoms. The maximum absolute atomic E-state index is 12.1. The van der Waals surface area contributed by atoms with Gasteiger partial charge in [-0.05, 0) is 12.1 Å². The van der Waals surface area contributed by atoms with Crippen LogP contribution in [0.2, 0.25) is 0 Å². The molecule has 0 radical (unpaired) electrons. The molecule has 2 amide bonds. The van der Waals surface area contributed by atoms with E-state index in [1.54, 1.807) is 36.2 Å². The molecule has 7 nitrogen and oxygen atoms in total. The number of methoxy groups -OCH3 is 2. The highest BCUT2D eigenvalue weighted by Crippen LogP contribution is 2.29. The summed E-state index contributed by atoms with van der Waals surface area (Å²) in [6, 6.07) is 5.41. The Morgan fingerprint density at radius 1 is 1.18 bits per heavy atom. The number of carbonyl (C=O) groups is 2. The van der Waals surface area contributed by atoms with E-state index in [1.165, 1.54) is 0 Å². The topological polar surface area (TPSA) is 71.1 Å². The summed E-state index contributed by atoms with van der Waals surface area (Å²) in [6.07, 6.45) is 0.823. The lowest BCUT2D eigenvalue weighted by Crippen LogP contribution is -2.49. The third-order valence-corrected chi connectivity index (χ3v) is 3.64. The molecular formula is C15H21N3O4. The number of piperazine rings is 1. The molecule has 0 aromatic heterocycles. The second-order valence-corrected chi connectivity index (χ2v) is 4.95. The monoisotopic (exact) mass is 307 g/mol. The van der Waals surface area contributed by atoms with Crippen LogP contribution >= 0.6 is 0 Å². The fraction of sp³-hybridized carbons (Fsp3) is 0.467. The van der Waals surface area contributed by atoms with Gasteiger partial charge in [-0.25, -0.2) is 0 Å². The molecule has 1 aromatic carbocycles. The highest BCUT2D eigenvalue weighted by molar-refractivity contribution is 5.81. The molecule has 22 heavy (non-hydrogen) atoms. The Hall–Kier alpha value is -2.44. The first-order chi connectivity index (χ1) is 10.7. The van der Waals surface area contributed by atoms with Crippen molar-refractivity contribution in [3.63, 3.8) is 0 Å². The first kappa shape index (κ1) is 15.9. The molecular weight excluding hydrogens is 286 g/mol. The minimum atomic E-state index is 0.0142. The van der Waals surface area contributed by atoms with Crippen LogP contribution in [0.5, 0.6) is 11.5 Å². The molecule has 1 saturated heterocycles. The van der Waals surface area contributed by atoms with Crippen LogP contribution < -0.4 is 14.8 Å². The van der Waals surface area contributed by atoms with Gasteiger partial charge >= 0.3 is 0 Å². The number of nitrogens with one attached hydrogen (secondary N) is 1. The van der Waals surface area contributed by atoms with Gasteiger partial charge in [-0.3, -0.25) is 9.59 Å². The molecule has 1 aromatic rings. The second-order valence-electron chi connectivity index (χ2n) is 4.95. The van der Waals surface area contributed by atoms with Crippen molar-refractivity contribution in [1.82, 2.24) is 9.80 Å². The van der Waals surface area contributed by atoms with Gasteiger partial charge in [0.2, 0.25) is 12.3 Å². The Bertz CT molecular complexity index is 528. The SMILES string of the molecule is COc1ccc(NCC(=O)N2CCN(C=O)CC2)cc1OC. The minimum Gasteiger partial charge on any atom is -0.493 e. The zero-order valence-electron chi connectivity index (χ0n) is 12.9. The van der Waals surface area contributed by atoms with Gasteiger partial charge in [0.25, 0.3) is 0 Å². The van der Waals surface area contributed by atoms with Crippen molar-refractivity contribution in [2.75, 3.05) is 52.3 Å². The molecule has 0 spiro atoms. The maximum atomic E-state index is 12.1. The summed E-state index contributed by atoms with van der Waals surface area (Å²) in [5.41, 5.74) is 0.789. The van der Waals surface area contributed by atoms with Gasteiger partial charge in [0.1, 0.15) is 0 Å². The number of benzene rings is 1. The van der Waals surface area contributed by atoms with Gasteiger partial charge in [-0.1, -0.05) is 0 Å². The van der Waals surface area contributed by atoms with Crippen LogP contribution in [0.4, 0.5) is 5.69 Å². The predicted octanol–water partition coefficient (Wildman–Crippen LogP) is 0.416. The molecule has 1 N–H and O–H groups in total. The molecule has 0 atom stereocenters. The van der Waals surface area contributed by atoms with Crippen LogP contribution in [0, 0.1) is 0 Å². The van der Waals surface area contributed by atoms with Crippen LogP contribution in [0.1, 0.15) is 0 Å². The van der Waals surface area contributed by atoms with Gasteiger partial charge in [0, 0.05) is 37.9 Å². The van der Waals surface area contributed by atoms with E-state index in [9.17, 15) is 9.59 Å². The fourth-order valence-electron chi connectivity index (χ4n) is 2.31. The van der Waals surface area contributed by atoms with E-state index >= 15 is 0 Å². The molecule has 1 heterocycles. The fourth-order valence-corrected chi connectivity index (χ4v) is 2.31. The average molecular weight is 307 g/mol. The molecule has 2 rings (SSSR count). The zero-order valence-corrected chi connectivity index (χ0v) is 12.9. The highest BCUT2D eigenvalue weighted by Gasteiger charge is 2.19. The third kappa shape index (κ3) is 3.81. The van der Waals surface area contributed by atoms with Crippen LogP contribution in [0.15, 0.2) is 18.2 Å². The van der Waals surface area contributed by atoms with E-state index < -0.39 is 0 Å². The van der Waals surface area contributed by atoms with Gasteiger partial charge in [-0.15, -0.1) is 0 Å². The Kier molecular flexibility index (Phi) is 5.46. The predicted molar refractivity (Wildman–Crippen MR) is 82.3 cm³/mol.